The summed E-state index contributed by atoms with van der Waals surface area (Å²) in [6, 6.07) is 44.7. The maximum absolute atomic E-state index is 15.6. The van der Waals surface area contributed by atoms with Gasteiger partial charge in [-0.25, -0.2) is 18.7 Å². The number of halogens is 2. The summed E-state index contributed by atoms with van der Waals surface area (Å²) in [4.78, 5) is 18.2. The Morgan fingerprint density at radius 1 is 0.484 bits per heavy atom. The molecule has 0 amide bonds. The van der Waals surface area contributed by atoms with Gasteiger partial charge in [0.15, 0.2) is 0 Å². The third-order valence-electron chi connectivity index (χ3n) is 12.0. The maximum Gasteiger partial charge on any atom is 0.138 e. The molecular formula is C52H28F2N8O2. The van der Waals surface area contributed by atoms with E-state index in [0.717, 1.165) is 33.2 Å². The number of nitriles is 2. The lowest BCUT2D eigenvalue weighted by Gasteiger charge is -2.18. The normalized spacial score (nSPS) is 12.7. The van der Waals surface area contributed by atoms with E-state index in [4.69, 9.17) is 8.83 Å². The van der Waals surface area contributed by atoms with E-state index in [0.29, 0.717) is 77.8 Å². The highest BCUT2D eigenvalue weighted by molar-refractivity contribution is 6.06. The predicted octanol–water partition coefficient (Wildman–Crippen LogP) is 12.5. The number of fused-ring (bicyclic) bond motifs is 8. The molecule has 0 N–H and O–H groups in total. The van der Waals surface area contributed by atoms with Gasteiger partial charge >= 0.3 is 0 Å². The van der Waals surface area contributed by atoms with Crippen LogP contribution in [0.25, 0.3) is 99.8 Å². The van der Waals surface area contributed by atoms with Gasteiger partial charge in [0.1, 0.15) is 58.0 Å². The molecular weight excluding hydrogens is 807 g/mol. The molecule has 12 aromatic rings. The molecule has 10 nitrogen and oxygen atoms in total. The highest BCUT2D eigenvalue weighted by atomic mass is 19.1. The zero-order chi connectivity index (χ0) is 43.1. The summed E-state index contributed by atoms with van der Waals surface area (Å²) >= 11 is 0. The summed E-state index contributed by atoms with van der Waals surface area (Å²) < 4.78 is 47.0. The third-order valence-corrected chi connectivity index (χ3v) is 12.0. The first-order valence-corrected chi connectivity index (χ1v) is 20.3. The van der Waals surface area contributed by atoms with Gasteiger partial charge in [0, 0.05) is 45.1 Å². The molecule has 0 aliphatic carbocycles. The van der Waals surface area contributed by atoms with Crippen molar-refractivity contribution >= 4 is 65.8 Å². The third kappa shape index (κ3) is 5.81. The van der Waals surface area contributed by atoms with E-state index < -0.39 is 23.5 Å². The largest absolute Gasteiger partial charge is 0.456 e. The number of hydrogen-bond acceptors (Lipinski definition) is 8. The fourth-order valence-corrected chi connectivity index (χ4v) is 8.79. The van der Waals surface area contributed by atoms with E-state index >= 15 is 8.78 Å². The van der Waals surface area contributed by atoms with Gasteiger partial charge in [0.2, 0.25) is 0 Å². The van der Waals surface area contributed by atoms with E-state index in [9.17, 15) is 10.5 Å². The SMILES string of the molecule is N#CC(c1ccc(-n2cnc3cnc4cc(F)c(-c5cc6ccccc6o5)cc4c32)cc1)C(C#N)c1ccc(-n2cnc3cnc4cc(F)c(-c5cc6ccccc6o5)cc4c32)cc1. The number of imidazole rings is 2. The zero-order valence-electron chi connectivity index (χ0n) is 33.3. The van der Waals surface area contributed by atoms with Crippen LogP contribution in [0.5, 0.6) is 0 Å². The first-order valence-electron chi connectivity index (χ1n) is 20.3. The molecule has 0 aliphatic heterocycles. The fourth-order valence-electron chi connectivity index (χ4n) is 8.79. The van der Waals surface area contributed by atoms with Gasteiger partial charge < -0.3 is 8.83 Å². The summed E-state index contributed by atoms with van der Waals surface area (Å²) in [5, 5.41) is 24.2. The lowest BCUT2D eigenvalue weighted by molar-refractivity contribution is 0.602. The summed E-state index contributed by atoms with van der Waals surface area (Å²) in [6.45, 7) is 0. The van der Waals surface area contributed by atoms with E-state index in [1.807, 2.05) is 118 Å². The van der Waals surface area contributed by atoms with Gasteiger partial charge in [-0.05, 0) is 71.8 Å². The van der Waals surface area contributed by atoms with E-state index in [1.165, 1.54) is 12.1 Å². The first kappa shape index (κ1) is 36.8. The van der Waals surface area contributed by atoms with Gasteiger partial charge in [0.05, 0.1) is 69.6 Å². The van der Waals surface area contributed by atoms with Crippen LogP contribution < -0.4 is 0 Å². The topological polar surface area (TPSA) is 135 Å². The second-order valence-electron chi connectivity index (χ2n) is 15.6. The van der Waals surface area contributed by atoms with Crippen LogP contribution in [0.3, 0.4) is 0 Å². The van der Waals surface area contributed by atoms with E-state index in [1.54, 1.807) is 37.2 Å². The Balaban J connectivity index is 0.859. The Bertz CT molecular complexity index is 3600. The smallest absolute Gasteiger partial charge is 0.138 e. The molecule has 6 aromatic heterocycles. The minimum absolute atomic E-state index is 0.308. The van der Waals surface area contributed by atoms with Crippen molar-refractivity contribution in [3.05, 3.63) is 181 Å². The molecule has 0 fully saturated rings. The number of aromatic nitrogens is 6. The van der Waals surface area contributed by atoms with Crippen LogP contribution in [-0.4, -0.2) is 29.1 Å². The summed E-state index contributed by atoms with van der Waals surface area (Å²) in [5.74, 6) is -1.67. The first-order chi connectivity index (χ1) is 31.4. The number of rotatable bonds is 7. The van der Waals surface area contributed by atoms with Crippen molar-refractivity contribution in [3.63, 3.8) is 0 Å². The van der Waals surface area contributed by atoms with Crippen molar-refractivity contribution in [1.82, 2.24) is 29.1 Å². The van der Waals surface area contributed by atoms with Crippen LogP contribution in [0.2, 0.25) is 0 Å². The van der Waals surface area contributed by atoms with E-state index in [2.05, 4.69) is 32.1 Å². The summed E-state index contributed by atoms with van der Waals surface area (Å²) in [7, 11) is 0. The minimum atomic E-state index is -0.792. The molecule has 6 aromatic carbocycles. The van der Waals surface area contributed by atoms with Crippen molar-refractivity contribution in [2.75, 3.05) is 0 Å². The number of furan rings is 2. The molecule has 12 rings (SSSR count). The van der Waals surface area contributed by atoms with Crippen LogP contribution >= 0.6 is 0 Å². The number of para-hydroxylation sites is 2. The summed E-state index contributed by atoms with van der Waals surface area (Å²) in [6.07, 6.45) is 6.61. The lowest BCUT2D eigenvalue weighted by atomic mass is 9.83. The molecule has 302 valence electrons. The molecule has 0 radical (unpaired) electrons. The Labute approximate surface area is 361 Å². The average molecular weight is 835 g/mol. The van der Waals surface area contributed by atoms with Crippen LogP contribution in [0, 0.1) is 34.3 Å². The number of benzene rings is 6. The van der Waals surface area contributed by atoms with Crippen molar-refractivity contribution in [2.24, 2.45) is 0 Å². The predicted molar refractivity (Wildman–Crippen MR) is 240 cm³/mol. The van der Waals surface area contributed by atoms with Gasteiger partial charge in [-0.1, -0.05) is 60.7 Å². The summed E-state index contributed by atoms with van der Waals surface area (Å²) in [5.41, 5.74) is 8.42. The number of hydrogen-bond donors (Lipinski definition) is 0. The van der Waals surface area contributed by atoms with Crippen molar-refractivity contribution in [1.29, 1.82) is 10.5 Å². The molecule has 2 atom stereocenters. The molecule has 64 heavy (non-hydrogen) atoms. The fraction of sp³-hybridized carbons (Fsp3) is 0.0385. The quantitative estimate of drug-likeness (QED) is 0.155. The van der Waals surface area contributed by atoms with Crippen LogP contribution in [0.1, 0.15) is 23.0 Å². The second kappa shape index (κ2) is 14.3. The highest BCUT2D eigenvalue weighted by Gasteiger charge is 2.26. The number of nitrogens with zero attached hydrogens (tertiary/aromatic N) is 8. The molecule has 2 unspecified atom stereocenters. The lowest BCUT2D eigenvalue weighted by Crippen LogP contribution is -2.09. The van der Waals surface area contributed by atoms with Crippen molar-refractivity contribution in [2.45, 2.75) is 11.8 Å². The molecule has 12 heteroatoms. The van der Waals surface area contributed by atoms with Gasteiger partial charge in [-0.3, -0.25) is 19.1 Å². The highest BCUT2D eigenvalue weighted by Crippen LogP contribution is 2.38. The average Bonchev–Trinajstić information content (AvgIpc) is 4.15. The molecule has 6 heterocycles. The Morgan fingerprint density at radius 2 is 0.906 bits per heavy atom. The second-order valence-corrected chi connectivity index (χ2v) is 15.6. The monoisotopic (exact) mass is 834 g/mol. The van der Waals surface area contributed by atoms with Crippen molar-refractivity contribution in [3.8, 4) is 46.2 Å². The number of pyridine rings is 2. The van der Waals surface area contributed by atoms with Crippen molar-refractivity contribution < 1.29 is 17.6 Å². The Kier molecular flexibility index (Phi) is 8.23. The van der Waals surface area contributed by atoms with Crippen LogP contribution in [0.15, 0.2) is 167 Å². The Hall–Kier alpha value is -9.00. The standard InChI is InChI=1S/C52H28F2N8O2/c53-41-21-43-37(19-35(41)49-17-31-5-1-3-7-47(31)63-49)51-45(25-57-43)59-27-61(51)33-13-9-29(10-14-33)39(23-55)40(24-56)30-11-15-34(16-12-30)62-28-60-46-26-58-44-22-42(54)36(20-38(44)52(46)62)50-18-32-6-2-4-8-48(32)64-50/h1-22,25-28,39-40H. The molecule has 0 bridgehead atoms. The van der Waals surface area contributed by atoms with Gasteiger partial charge in [-0.15, -0.1) is 0 Å². The minimum Gasteiger partial charge on any atom is -0.456 e. The van der Waals surface area contributed by atoms with Crippen LogP contribution in [-0.2, 0) is 0 Å². The molecule has 0 saturated heterocycles. The molecule has 0 spiro atoms. The van der Waals surface area contributed by atoms with Gasteiger partial charge in [-0.2, -0.15) is 10.5 Å². The van der Waals surface area contributed by atoms with Gasteiger partial charge in [0.25, 0.3) is 0 Å². The Morgan fingerprint density at radius 3 is 1.31 bits per heavy atom. The maximum atomic E-state index is 15.6. The zero-order valence-corrected chi connectivity index (χ0v) is 33.3. The van der Waals surface area contributed by atoms with Crippen LogP contribution in [0.4, 0.5) is 8.78 Å². The van der Waals surface area contributed by atoms with E-state index in [-0.39, 0.29) is 0 Å². The molecule has 0 saturated carbocycles. The molecule has 0 aliphatic rings.